The van der Waals surface area contributed by atoms with Gasteiger partial charge in [0.15, 0.2) is 0 Å². The predicted molar refractivity (Wildman–Crippen MR) is 87.8 cm³/mol. The molecule has 3 aromatic rings. The lowest BCUT2D eigenvalue weighted by atomic mass is 10.2. The highest BCUT2D eigenvalue weighted by Crippen LogP contribution is 2.29. The summed E-state index contributed by atoms with van der Waals surface area (Å²) < 4.78 is 1.25. The lowest BCUT2D eigenvalue weighted by Crippen LogP contribution is -1.73. The molecule has 0 spiro atoms. The van der Waals surface area contributed by atoms with E-state index in [1.54, 1.807) is 11.3 Å². The molecule has 0 fully saturated rings. The molecule has 100 valence electrons. The fraction of sp³-hybridized carbons (Fsp3) is 0.235. The minimum absolute atomic E-state index is 1.08. The largest absolute Gasteiger partial charge is 0.236 e. The summed E-state index contributed by atoms with van der Waals surface area (Å²) in [6.45, 7) is 8.00. The van der Waals surface area contributed by atoms with Crippen molar-refractivity contribution in [3.8, 4) is 10.6 Å². The van der Waals surface area contributed by atoms with Crippen LogP contribution in [0.2, 0.25) is 0 Å². The third kappa shape index (κ3) is 3.90. The van der Waals surface area contributed by atoms with Crippen molar-refractivity contribution < 1.29 is 0 Å². The van der Waals surface area contributed by atoms with Gasteiger partial charge in [-0.15, -0.1) is 11.3 Å². The van der Waals surface area contributed by atoms with Crippen LogP contribution in [0.15, 0.2) is 54.6 Å². The fourth-order valence-electron chi connectivity index (χ4n) is 1.58. The molecule has 1 heterocycles. The van der Waals surface area contributed by atoms with Gasteiger partial charge in [0.2, 0.25) is 0 Å². The van der Waals surface area contributed by atoms with Gasteiger partial charge >= 0.3 is 0 Å². The molecule has 0 aliphatic heterocycles. The molecule has 0 unspecified atom stereocenters. The van der Waals surface area contributed by atoms with Crippen molar-refractivity contribution in [3.63, 3.8) is 0 Å². The Bertz CT molecular complexity index is 551. The van der Waals surface area contributed by atoms with E-state index >= 15 is 0 Å². The van der Waals surface area contributed by atoms with Crippen LogP contribution in [0.4, 0.5) is 0 Å². The number of benzene rings is 2. The second kappa shape index (κ2) is 8.44. The van der Waals surface area contributed by atoms with E-state index in [1.165, 1.54) is 10.3 Å². The van der Waals surface area contributed by atoms with Crippen molar-refractivity contribution in [3.05, 3.63) is 54.6 Å². The summed E-state index contributed by atoms with van der Waals surface area (Å²) in [7, 11) is 0. The Labute approximate surface area is 120 Å². The molecule has 19 heavy (non-hydrogen) atoms. The number of thiazole rings is 1. The first-order valence-corrected chi connectivity index (χ1v) is 7.66. The van der Waals surface area contributed by atoms with Gasteiger partial charge in [-0.25, -0.2) is 4.98 Å². The lowest BCUT2D eigenvalue weighted by molar-refractivity contribution is 1.48. The summed E-state index contributed by atoms with van der Waals surface area (Å²) >= 11 is 1.74. The molecular weight excluding hydrogens is 250 g/mol. The van der Waals surface area contributed by atoms with E-state index in [4.69, 9.17) is 0 Å². The van der Waals surface area contributed by atoms with Gasteiger partial charge in [0, 0.05) is 5.56 Å². The van der Waals surface area contributed by atoms with Gasteiger partial charge in [-0.2, -0.15) is 0 Å². The number of nitrogens with zero attached hydrogens (tertiary/aromatic N) is 1. The molecule has 0 saturated carbocycles. The third-order valence-electron chi connectivity index (χ3n) is 2.31. The molecule has 0 aliphatic rings. The van der Waals surface area contributed by atoms with Crippen LogP contribution in [0.5, 0.6) is 0 Å². The number of para-hydroxylation sites is 1. The summed E-state index contributed by atoms with van der Waals surface area (Å²) in [6.07, 6.45) is 0. The van der Waals surface area contributed by atoms with Gasteiger partial charge in [0.25, 0.3) is 0 Å². The molecule has 1 aromatic heterocycles. The smallest absolute Gasteiger partial charge is 0.124 e. The third-order valence-corrected chi connectivity index (χ3v) is 3.40. The zero-order chi connectivity index (χ0) is 14.1. The van der Waals surface area contributed by atoms with E-state index in [0.717, 1.165) is 10.5 Å². The van der Waals surface area contributed by atoms with Crippen LogP contribution in [0.1, 0.15) is 27.7 Å². The molecular formula is C17H21NS. The average Bonchev–Trinajstić information content (AvgIpc) is 2.96. The van der Waals surface area contributed by atoms with Gasteiger partial charge < -0.3 is 0 Å². The second-order valence-electron chi connectivity index (χ2n) is 3.35. The molecule has 0 bridgehead atoms. The zero-order valence-corrected chi connectivity index (χ0v) is 12.9. The quantitative estimate of drug-likeness (QED) is 0.527. The Morgan fingerprint density at radius 1 is 0.737 bits per heavy atom. The van der Waals surface area contributed by atoms with Crippen LogP contribution >= 0.6 is 11.3 Å². The summed E-state index contributed by atoms with van der Waals surface area (Å²) in [5.74, 6) is 0. The molecule has 0 radical (unpaired) electrons. The van der Waals surface area contributed by atoms with Crippen LogP contribution in [-0.2, 0) is 0 Å². The monoisotopic (exact) mass is 271 g/mol. The summed E-state index contributed by atoms with van der Waals surface area (Å²) in [5.41, 5.74) is 2.28. The molecule has 2 aromatic carbocycles. The van der Waals surface area contributed by atoms with E-state index in [0.29, 0.717) is 0 Å². The van der Waals surface area contributed by atoms with Gasteiger partial charge in [-0.05, 0) is 12.1 Å². The van der Waals surface area contributed by atoms with Crippen molar-refractivity contribution >= 4 is 21.6 Å². The van der Waals surface area contributed by atoms with Crippen molar-refractivity contribution in [2.24, 2.45) is 0 Å². The highest BCUT2D eigenvalue weighted by molar-refractivity contribution is 7.21. The van der Waals surface area contributed by atoms with Gasteiger partial charge in [0.1, 0.15) is 5.01 Å². The first-order valence-electron chi connectivity index (χ1n) is 6.84. The maximum Gasteiger partial charge on any atom is 0.124 e. The maximum atomic E-state index is 4.60. The number of rotatable bonds is 1. The molecule has 0 aliphatic carbocycles. The minimum atomic E-state index is 1.08. The van der Waals surface area contributed by atoms with E-state index < -0.39 is 0 Å². The molecule has 0 N–H and O–H groups in total. The normalized spacial score (nSPS) is 9.05. The van der Waals surface area contributed by atoms with Crippen molar-refractivity contribution in [1.82, 2.24) is 4.98 Å². The van der Waals surface area contributed by atoms with E-state index in [9.17, 15) is 0 Å². The van der Waals surface area contributed by atoms with Crippen molar-refractivity contribution in [2.45, 2.75) is 27.7 Å². The Balaban J connectivity index is 0.000000415. The molecule has 3 rings (SSSR count). The fourth-order valence-corrected chi connectivity index (χ4v) is 2.55. The number of aromatic nitrogens is 1. The zero-order valence-electron chi connectivity index (χ0n) is 12.1. The molecule has 0 atom stereocenters. The topological polar surface area (TPSA) is 12.9 Å². The molecule has 0 saturated heterocycles. The predicted octanol–water partition coefficient (Wildman–Crippen LogP) is 6.02. The highest BCUT2D eigenvalue weighted by atomic mass is 32.1. The summed E-state index contributed by atoms with van der Waals surface area (Å²) in [6, 6.07) is 18.5. The second-order valence-corrected chi connectivity index (χ2v) is 4.38. The standard InChI is InChI=1S/C13H9NS.2C2H6/c1-2-6-10(7-3-1)13-14-11-8-4-5-9-12(11)15-13;2*1-2/h1-9H;2*1-2H3. The van der Waals surface area contributed by atoms with Crippen LogP contribution in [0.25, 0.3) is 20.8 Å². The molecule has 0 amide bonds. The SMILES string of the molecule is CC.CC.c1ccc(-c2nc3ccccc3s2)cc1. The van der Waals surface area contributed by atoms with Crippen LogP contribution < -0.4 is 0 Å². The number of hydrogen-bond donors (Lipinski definition) is 0. The van der Waals surface area contributed by atoms with Crippen LogP contribution in [0, 0.1) is 0 Å². The van der Waals surface area contributed by atoms with E-state index in [-0.39, 0.29) is 0 Å². The molecule has 1 nitrogen and oxygen atoms in total. The Kier molecular flexibility index (Phi) is 6.83. The van der Waals surface area contributed by atoms with E-state index in [1.807, 2.05) is 52.0 Å². The number of hydrogen-bond acceptors (Lipinski definition) is 2. The van der Waals surface area contributed by atoms with Crippen molar-refractivity contribution in [2.75, 3.05) is 0 Å². The lowest BCUT2D eigenvalue weighted by Gasteiger charge is -1.92. The molecule has 2 heteroatoms. The average molecular weight is 271 g/mol. The summed E-state index contributed by atoms with van der Waals surface area (Å²) in [4.78, 5) is 4.60. The maximum absolute atomic E-state index is 4.60. The first kappa shape index (κ1) is 15.4. The van der Waals surface area contributed by atoms with Crippen LogP contribution in [0.3, 0.4) is 0 Å². The first-order chi connectivity index (χ1) is 9.43. The van der Waals surface area contributed by atoms with Crippen LogP contribution in [-0.4, -0.2) is 4.98 Å². The Hall–Kier alpha value is -1.67. The summed E-state index contributed by atoms with van der Waals surface area (Å²) in [5, 5.41) is 1.09. The Morgan fingerprint density at radius 3 is 1.95 bits per heavy atom. The Morgan fingerprint density at radius 2 is 1.32 bits per heavy atom. The van der Waals surface area contributed by atoms with Gasteiger partial charge in [0.05, 0.1) is 10.2 Å². The van der Waals surface area contributed by atoms with Gasteiger partial charge in [-0.1, -0.05) is 70.2 Å². The van der Waals surface area contributed by atoms with E-state index in [2.05, 4.69) is 35.3 Å². The highest BCUT2D eigenvalue weighted by Gasteiger charge is 2.03. The van der Waals surface area contributed by atoms with Gasteiger partial charge in [-0.3, -0.25) is 0 Å². The number of fused-ring (bicyclic) bond motifs is 1. The minimum Gasteiger partial charge on any atom is -0.236 e. The van der Waals surface area contributed by atoms with Crippen molar-refractivity contribution in [1.29, 1.82) is 0 Å².